The lowest BCUT2D eigenvalue weighted by Gasteiger charge is -2.50. The smallest absolute Gasteiger partial charge is 0.0940 e. The van der Waals surface area contributed by atoms with Crippen LogP contribution in [0.15, 0.2) is 0 Å². The van der Waals surface area contributed by atoms with Crippen LogP contribution in [-0.4, -0.2) is 36.7 Å². The Morgan fingerprint density at radius 2 is 1.50 bits per heavy atom. The number of rotatable bonds is 7. The van der Waals surface area contributed by atoms with E-state index in [1.807, 2.05) is 0 Å². The summed E-state index contributed by atoms with van der Waals surface area (Å²) in [6, 6.07) is 0.470. The molecule has 3 aliphatic rings. The highest BCUT2D eigenvalue weighted by Gasteiger charge is 2.42. The number of unbranched alkanes of at least 4 members (excludes halogenated alkanes) is 1. The van der Waals surface area contributed by atoms with Gasteiger partial charge in [0.05, 0.1) is 32.2 Å². The molecule has 0 aromatic rings. The first-order valence-corrected chi connectivity index (χ1v) is 10.3. The molecule has 3 fully saturated rings. The topological polar surface area (TPSA) is 26.0 Å². The number of likely N-dealkylation sites (tertiary alicyclic amines) is 1. The summed E-state index contributed by atoms with van der Waals surface area (Å²) in [6.07, 6.45) is 15.9. The van der Waals surface area contributed by atoms with Crippen LogP contribution in [0.5, 0.6) is 0 Å². The number of nitrogens with zero attached hydrogens (tertiary/aromatic N) is 1. The van der Waals surface area contributed by atoms with E-state index in [4.69, 9.17) is 5.73 Å². The summed E-state index contributed by atoms with van der Waals surface area (Å²) in [6.45, 7) is 8.01. The number of quaternary nitrogens is 1. The SMILES string of the molecule is CCCCC1CC(N)C[N+](CC2CCCC2)(CC2CCC2)C1. The van der Waals surface area contributed by atoms with Crippen LogP contribution in [-0.2, 0) is 0 Å². The second-order valence-corrected chi connectivity index (χ2v) is 9.02. The van der Waals surface area contributed by atoms with Gasteiger partial charge in [-0.15, -0.1) is 0 Å². The third kappa shape index (κ3) is 4.26. The molecule has 3 rings (SSSR count). The van der Waals surface area contributed by atoms with Crippen molar-refractivity contribution in [2.24, 2.45) is 23.5 Å². The zero-order valence-corrected chi connectivity index (χ0v) is 14.9. The lowest BCUT2D eigenvalue weighted by atomic mass is 9.81. The van der Waals surface area contributed by atoms with Gasteiger partial charge in [-0.25, -0.2) is 0 Å². The predicted molar refractivity (Wildman–Crippen MR) is 94.6 cm³/mol. The van der Waals surface area contributed by atoms with E-state index in [-0.39, 0.29) is 0 Å². The van der Waals surface area contributed by atoms with Gasteiger partial charge in [-0.2, -0.15) is 0 Å². The molecule has 0 aromatic heterocycles. The van der Waals surface area contributed by atoms with Crippen LogP contribution in [0.3, 0.4) is 0 Å². The highest BCUT2D eigenvalue weighted by molar-refractivity contribution is 4.79. The maximum atomic E-state index is 6.57. The van der Waals surface area contributed by atoms with E-state index in [0.29, 0.717) is 6.04 Å². The van der Waals surface area contributed by atoms with Crippen molar-refractivity contribution in [3.8, 4) is 0 Å². The molecule has 3 atom stereocenters. The summed E-state index contributed by atoms with van der Waals surface area (Å²) < 4.78 is 1.41. The Hall–Kier alpha value is -0.0800. The van der Waals surface area contributed by atoms with Crippen LogP contribution < -0.4 is 5.73 Å². The third-order valence-corrected chi connectivity index (χ3v) is 6.86. The van der Waals surface area contributed by atoms with E-state index >= 15 is 0 Å². The maximum absolute atomic E-state index is 6.57. The number of piperidine rings is 1. The average molecular weight is 308 g/mol. The second-order valence-electron chi connectivity index (χ2n) is 9.02. The normalized spacial score (nSPS) is 37.4. The Kier molecular flexibility index (Phi) is 5.84. The second kappa shape index (κ2) is 7.66. The maximum Gasteiger partial charge on any atom is 0.0940 e. The lowest BCUT2D eigenvalue weighted by molar-refractivity contribution is -0.943. The zero-order chi connectivity index (χ0) is 15.4. The Balaban J connectivity index is 1.67. The molecule has 1 saturated heterocycles. The minimum absolute atomic E-state index is 0.470. The van der Waals surface area contributed by atoms with Crippen molar-refractivity contribution in [2.75, 3.05) is 26.2 Å². The summed E-state index contributed by atoms with van der Waals surface area (Å²) in [5.74, 6) is 2.95. The van der Waals surface area contributed by atoms with Crippen molar-refractivity contribution >= 4 is 0 Å². The van der Waals surface area contributed by atoms with E-state index in [1.54, 1.807) is 0 Å². The van der Waals surface area contributed by atoms with Gasteiger partial charge in [0.2, 0.25) is 0 Å². The van der Waals surface area contributed by atoms with Crippen LogP contribution in [0.25, 0.3) is 0 Å². The van der Waals surface area contributed by atoms with Gasteiger partial charge in [-0.1, -0.05) is 39.0 Å². The fourth-order valence-corrected chi connectivity index (χ4v) is 5.74. The van der Waals surface area contributed by atoms with Crippen LogP contribution in [0.4, 0.5) is 0 Å². The van der Waals surface area contributed by atoms with E-state index in [1.165, 1.54) is 101 Å². The first-order chi connectivity index (χ1) is 10.7. The summed E-state index contributed by atoms with van der Waals surface area (Å²) in [7, 11) is 0. The van der Waals surface area contributed by atoms with E-state index < -0.39 is 0 Å². The molecule has 2 nitrogen and oxygen atoms in total. The van der Waals surface area contributed by atoms with Gasteiger partial charge in [-0.05, 0) is 38.5 Å². The molecule has 1 heterocycles. The Bertz CT molecular complexity index is 333. The molecule has 2 heteroatoms. The van der Waals surface area contributed by atoms with Gasteiger partial charge in [0.25, 0.3) is 0 Å². The monoisotopic (exact) mass is 307 g/mol. The molecule has 2 saturated carbocycles. The minimum Gasteiger partial charge on any atom is -0.323 e. The highest BCUT2D eigenvalue weighted by Crippen LogP contribution is 2.37. The quantitative estimate of drug-likeness (QED) is 0.696. The predicted octanol–water partition coefficient (Wildman–Crippen LogP) is 4.33. The number of hydrogen-bond donors (Lipinski definition) is 1. The van der Waals surface area contributed by atoms with Crippen LogP contribution in [0, 0.1) is 17.8 Å². The van der Waals surface area contributed by atoms with E-state index in [2.05, 4.69) is 6.92 Å². The summed E-state index contributed by atoms with van der Waals surface area (Å²) in [5, 5.41) is 0. The third-order valence-electron chi connectivity index (χ3n) is 6.86. The number of nitrogens with two attached hydrogens (primary N) is 1. The molecule has 0 bridgehead atoms. The molecular weight excluding hydrogens is 268 g/mol. The van der Waals surface area contributed by atoms with Crippen molar-refractivity contribution < 1.29 is 4.48 Å². The van der Waals surface area contributed by atoms with Crippen LogP contribution in [0.1, 0.15) is 77.6 Å². The van der Waals surface area contributed by atoms with Crippen molar-refractivity contribution in [3.05, 3.63) is 0 Å². The van der Waals surface area contributed by atoms with E-state index in [0.717, 1.165) is 17.8 Å². The van der Waals surface area contributed by atoms with Crippen molar-refractivity contribution in [2.45, 2.75) is 83.6 Å². The van der Waals surface area contributed by atoms with Gasteiger partial charge in [0, 0.05) is 17.8 Å². The fraction of sp³-hybridized carbons (Fsp3) is 1.00. The molecular formula is C20H39N2+. The Morgan fingerprint density at radius 1 is 0.864 bits per heavy atom. The van der Waals surface area contributed by atoms with E-state index in [9.17, 15) is 0 Å². The minimum atomic E-state index is 0.470. The highest BCUT2D eigenvalue weighted by atomic mass is 15.4. The van der Waals surface area contributed by atoms with Crippen molar-refractivity contribution in [1.82, 2.24) is 0 Å². The van der Waals surface area contributed by atoms with Gasteiger partial charge in [-0.3, -0.25) is 0 Å². The lowest BCUT2D eigenvalue weighted by Crippen LogP contribution is -2.63. The first-order valence-electron chi connectivity index (χ1n) is 10.3. The molecule has 0 amide bonds. The zero-order valence-electron chi connectivity index (χ0n) is 14.9. The molecule has 0 spiro atoms. The van der Waals surface area contributed by atoms with Gasteiger partial charge >= 0.3 is 0 Å². The van der Waals surface area contributed by atoms with Crippen LogP contribution in [0.2, 0.25) is 0 Å². The fourth-order valence-electron chi connectivity index (χ4n) is 5.74. The number of hydrogen-bond acceptors (Lipinski definition) is 1. The van der Waals surface area contributed by atoms with Gasteiger partial charge in [0.15, 0.2) is 0 Å². The molecule has 3 unspecified atom stereocenters. The summed E-state index contributed by atoms with van der Waals surface area (Å²) in [4.78, 5) is 0. The summed E-state index contributed by atoms with van der Waals surface area (Å²) in [5.41, 5.74) is 6.57. The molecule has 22 heavy (non-hydrogen) atoms. The molecule has 0 radical (unpaired) electrons. The van der Waals surface area contributed by atoms with Crippen molar-refractivity contribution in [1.29, 1.82) is 0 Å². The molecule has 128 valence electrons. The molecule has 1 aliphatic heterocycles. The Labute approximate surface area is 138 Å². The molecule has 2 aliphatic carbocycles. The molecule has 2 N–H and O–H groups in total. The van der Waals surface area contributed by atoms with Crippen LogP contribution >= 0.6 is 0 Å². The summed E-state index contributed by atoms with van der Waals surface area (Å²) >= 11 is 0. The first kappa shape index (κ1) is 16.8. The Morgan fingerprint density at radius 3 is 2.05 bits per heavy atom. The van der Waals surface area contributed by atoms with Crippen molar-refractivity contribution in [3.63, 3.8) is 0 Å². The molecule has 0 aromatic carbocycles. The van der Waals surface area contributed by atoms with Gasteiger partial charge < -0.3 is 10.2 Å². The average Bonchev–Trinajstić information content (AvgIpc) is 2.93. The standard InChI is InChI=1S/C20H39N2/c1-2-3-7-19-12-20(21)16-22(15-19,14-18-10-6-11-18)13-17-8-4-5-9-17/h17-20H,2-16,21H2,1H3/q+1. The van der Waals surface area contributed by atoms with Gasteiger partial charge in [0.1, 0.15) is 0 Å². The largest absolute Gasteiger partial charge is 0.323 e.